The summed E-state index contributed by atoms with van der Waals surface area (Å²) in [4.78, 5) is 15.0. The van der Waals surface area contributed by atoms with Gasteiger partial charge in [0, 0.05) is 0 Å². The van der Waals surface area contributed by atoms with E-state index in [0.29, 0.717) is 36.2 Å². The van der Waals surface area contributed by atoms with Gasteiger partial charge in [-0.25, -0.2) is 0 Å². The van der Waals surface area contributed by atoms with Crippen LogP contribution in [0.15, 0.2) is 0 Å². The van der Waals surface area contributed by atoms with Crippen molar-refractivity contribution in [1.82, 2.24) is 4.90 Å². The Bertz CT molecular complexity index is 707. The summed E-state index contributed by atoms with van der Waals surface area (Å²) in [6.45, 7) is 9.66. The highest BCUT2D eigenvalue weighted by molar-refractivity contribution is 5.76. The van der Waals surface area contributed by atoms with Gasteiger partial charge in [-0.2, -0.15) is 0 Å². The maximum absolute atomic E-state index is 12.4. The quantitative estimate of drug-likeness (QED) is 0.269. The molecule has 39 heavy (non-hydrogen) atoms. The molecule has 5 heteroatoms. The zero-order chi connectivity index (χ0) is 27.9. The second kappa shape index (κ2) is 14.5. The van der Waals surface area contributed by atoms with E-state index in [9.17, 15) is 15.0 Å². The zero-order valence-corrected chi connectivity index (χ0v) is 25.7. The van der Waals surface area contributed by atoms with Gasteiger partial charge >= 0.3 is 5.97 Å². The molecule has 4 aliphatic rings. The van der Waals surface area contributed by atoms with Crippen molar-refractivity contribution in [3.05, 3.63) is 0 Å². The molecule has 1 atom stereocenters. The molecule has 4 rings (SSSR count). The van der Waals surface area contributed by atoms with Crippen LogP contribution in [0.2, 0.25) is 0 Å². The zero-order valence-electron chi connectivity index (χ0n) is 25.7. The first-order chi connectivity index (χ1) is 18.8. The molecule has 2 N–H and O–H groups in total. The second-order valence-corrected chi connectivity index (χ2v) is 14.4. The Balaban J connectivity index is 1.19. The van der Waals surface area contributed by atoms with E-state index in [1.807, 2.05) is 20.8 Å². The van der Waals surface area contributed by atoms with Crippen molar-refractivity contribution in [3.63, 3.8) is 0 Å². The molecule has 1 heterocycles. The van der Waals surface area contributed by atoms with Crippen LogP contribution in [0.1, 0.15) is 136 Å². The highest BCUT2D eigenvalue weighted by Gasteiger charge is 2.50. The van der Waals surface area contributed by atoms with E-state index in [1.54, 1.807) is 0 Å². The lowest BCUT2D eigenvalue weighted by atomic mass is 9.59. The van der Waals surface area contributed by atoms with Gasteiger partial charge in [-0.1, -0.05) is 38.5 Å². The molecule has 3 saturated carbocycles. The van der Waals surface area contributed by atoms with Crippen molar-refractivity contribution in [3.8, 4) is 0 Å². The number of piperidine rings is 1. The van der Waals surface area contributed by atoms with Crippen molar-refractivity contribution >= 4 is 5.97 Å². The molecule has 0 amide bonds. The Kier molecular flexibility index (Phi) is 11.6. The molecule has 1 aliphatic heterocycles. The number of esters is 1. The molecule has 0 aromatic carbocycles. The van der Waals surface area contributed by atoms with Crippen molar-refractivity contribution < 1.29 is 19.7 Å². The fourth-order valence-corrected chi connectivity index (χ4v) is 9.22. The van der Waals surface area contributed by atoms with E-state index in [2.05, 4.69) is 4.90 Å². The lowest BCUT2D eigenvalue weighted by Crippen LogP contribution is -2.55. The van der Waals surface area contributed by atoms with Crippen LogP contribution in [0.3, 0.4) is 0 Å². The number of carbonyl (C=O) groups excluding carboxylic acids is 1. The van der Waals surface area contributed by atoms with Gasteiger partial charge in [-0.3, -0.25) is 4.79 Å². The Morgan fingerprint density at radius 2 is 1.31 bits per heavy atom. The Labute approximate surface area is 239 Å². The number of hydrogen-bond donors (Lipinski definition) is 2. The van der Waals surface area contributed by atoms with Crippen LogP contribution in [0, 0.1) is 35.0 Å². The minimum atomic E-state index is -0.432. The number of carbonyl (C=O) groups is 1. The summed E-state index contributed by atoms with van der Waals surface area (Å²) in [5.74, 6) is 2.17. The molecular formula is C34H61NO4. The average molecular weight is 548 g/mol. The first-order valence-corrected chi connectivity index (χ1v) is 17.1. The Hall–Kier alpha value is -0.650. The SMILES string of the molecule is CCOC(=O)C(C)(C)C1CCC([C@@H](O)CCCN2CCC(C(O)(C3CCCCC3)C3CCCCC3)CC2)CC1. The van der Waals surface area contributed by atoms with Crippen LogP contribution >= 0.6 is 0 Å². The van der Waals surface area contributed by atoms with Crippen LogP contribution < -0.4 is 0 Å². The van der Waals surface area contributed by atoms with Crippen LogP contribution in [0.25, 0.3) is 0 Å². The van der Waals surface area contributed by atoms with Crippen LogP contribution in [-0.4, -0.2) is 59.0 Å². The number of ether oxygens (including phenoxy) is 1. The van der Waals surface area contributed by atoms with E-state index in [4.69, 9.17) is 4.74 Å². The standard InChI is InChI=1S/C34H61NO4/c1-4-39-32(37)33(2,3)27-19-17-26(18-20-27)31(36)16-11-23-35-24-21-30(22-25-35)34(38,28-12-7-5-8-13-28)29-14-9-6-10-15-29/h26-31,36,38H,4-25H2,1-3H3/t26?,27?,31-/m0/s1. The summed E-state index contributed by atoms with van der Waals surface area (Å²) in [6.07, 6.45) is 21.0. The number of aliphatic hydroxyl groups is 2. The van der Waals surface area contributed by atoms with Crippen molar-refractivity contribution in [2.45, 2.75) is 148 Å². The number of aliphatic hydroxyl groups excluding tert-OH is 1. The Morgan fingerprint density at radius 3 is 1.82 bits per heavy atom. The van der Waals surface area contributed by atoms with Crippen LogP contribution in [0.4, 0.5) is 0 Å². The third-order valence-electron chi connectivity index (χ3n) is 11.9. The lowest BCUT2D eigenvalue weighted by Gasteiger charge is -2.52. The molecule has 0 bridgehead atoms. The average Bonchev–Trinajstić information content (AvgIpc) is 2.98. The minimum absolute atomic E-state index is 0.0753. The summed E-state index contributed by atoms with van der Waals surface area (Å²) in [5, 5.41) is 23.4. The van der Waals surface area contributed by atoms with E-state index in [1.165, 1.54) is 64.2 Å². The third-order valence-corrected chi connectivity index (χ3v) is 11.9. The molecular weight excluding hydrogens is 486 g/mol. The van der Waals surface area contributed by atoms with Gasteiger partial charge in [0.1, 0.15) is 0 Å². The van der Waals surface area contributed by atoms with Gasteiger partial charge in [0.05, 0.1) is 23.7 Å². The summed E-state index contributed by atoms with van der Waals surface area (Å²) in [5.41, 5.74) is -0.859. The molecule has 0 spiro atoms. The molecule has 1 saturated heterocycles. The van der Waals surface area contributed by atoms with Gasteiger partial charge in [0.25, 0.3) is 0 Å². The fourth-order valence-electron chi connectivity index (χ4n) is 9.22. The van der Waals surface area contributed by atoms with Crippen LogP contribution in [-0.2, 0) is 9.53 Å². The van der Waals surface area contributed by atoms with Gasteiger partial charge < -0.3 is 19.8 Å². The van der Waals surface area contributed by atoms with Gasteiger partial charge in [0.2, 0.25) is 0 Å². The number of nitrogens with zero attached hydrogens (tertiary/aromatic N) is 1. The highest BCUT2D eigenvalue weighted by Crippen LogP contribution is 2.49. The van der Waals surface area contributed by atoms with Crippen molar-refractivity contribution in [2.24, 2.45) is 35.0 Å². The molecule has 4 fully saturated rings. The van der Waals surface area contributed by atoms with Gasteiger partial charge in [0.15, 0.2) is 0 Å². The second-order valence-electron chi connectivity index (χ2n) is 14.4. The molecule has 0 unspecified atom stereocenters. The molecule has 0 radical (unpaired) electrons. The Morgan fingerprint density at radius 1 is 0.795 bits per heavy atom. The first-order valence-electron chi connectivity index (χ1n) is 17.1. The smallest absolute Gasteiger partial charge is 0.311 e. The maximum atomic E-state index is 12.4. The van der Waals surface area contributed by atoms with Gasteiger partial charge in [-0.05, 0) is 147 Å². The first kappa shape index (κ1) is 31.3. The fraction of sp³-hybridized carbons (Fsp3) is 0.971. The molecule has 3 aliphatic carbocycles. The van der Waals surface area contributed by atoms with E-state index < -0.39 is 11.0 Å². The summed E-state index contributed by atoms with van der Waals surface area (Å²) >= 11 is 0. The van der Waals surface area contributed by atoms with Crippen LogP contribution in [0.5, 0.6) is 0 Å². The monoisotopic (exact) mass is 547 g/mol. The van der Waals surface area contributed by atoms with Crippen molar-refractivity contribution in [2.75, 3.05) is 26.2 Å². The molecule has 226 valence electrons. The molecule has 0 aromatic rings. The summed E-state index contributed by atoms with van der Waals surface area (Å²) in [7, 11) is 0. The van der Waals surface area contributed by atoms with Crippen molar-refractivity contribution in [1.29, 1.82) is 0 Å². The predicted molar refractivity (Wildman–Crippen MR) is 158 cm³/mol. The number of likely N-dealkylation sites (tertiary alicyclic amines) is 1. The minimum Gasteiger partial charge on any atom is -0.466 e. The summed E-state index contributed by atoms with van der Waals surface area (Å²) in [6, 6.07) is 0. The van der Waals surface area contributed by atoms with E-state index in [-0.39, 0.29) is 12.1 Å². The normalized spacial score (nSPS) is 28.3. The predicted octanol–water partition coefficient (Wildman–Crippen LogP) is 7.13. The molecule has 0 aromatic heterocycles. The largest absolute Gasteiger partial charge is 0.466 e. The highest BCUT2D eigenvalue weighted by atomic mass is 16.5. The van der Waals surface area contributed by atoms with E-state index >= 15 is 0 Å². The number of rotatable bonds is 11. The number of hydrogen-bond acceptors (Lipinski definition) is 5. The topological polar surface area (TPSA) is 70.0 Å². The third kappa shape index (κ3) is 7.60. The maximum Gasteiger partial charge on any atom is 0.311 e. The summed E-state index contributed by atoms with van der Waals surface area (Å²) < 4.78 is 5.32. The molecule has 5 nitrogen and oxygen atoms in total. The van der Waals surface area contributed by atoms with Gasteiger partial charge in [-0.15, -0.1) is 0 Å². The van der Waals surface area contributed by atoms with E-state index in [0.717, 1.165) is 71.0 Å². The lowest BCUT2D eigenvalue weighted by molar-refractivity contribution is -0.157.